The minimum Gasteiger partial charge on any atom is -0.493 e. The molecule has 0 fully saturated rings. The molecule has 142 valence electrons. The number of rotatable bonds is 3. The number of carbonyl (C=O) groups is 1. The molecule has 2 heterocycles. The van der Waals surface area contributed by atoms with Gasteiger partial charge in [-0.15, -0.1) is 5.11 Å². The molecule has 1 atom stereocenters. The molecule has 3 aromatic rings. The molecule has 0 bridgehead atoms. The van der Waals surface area contributed by atoms with Gasteiger partial charge in [0.2, 0.25) is 5.88 Å². The largest absolute Gasteiger partial charge is 0.493 e. The lowest BCUT2D eigenvalue weighted by Crippen LogP contribution is -2.29. The third-order valence-corrected chi connectivity index (χ3v) is 5.77. The van der Waals surface area contributed by atoms with Gasteiger partial charge in [0.1, 0.15) is 0 Å². The highest BCUT2D eigenvalue weighted by atomic mass is 35.5. The third kappa shape index (κ3) is 3.58. The van der Waals surface area contributed by atoms with Crippen LogP contribution < -0.4 is 5.43 Å². The van der Waals surface area contributed by atoms with Gasteiger partial charge in [0.25, 0.3) is 5.24 Å². The van der Waals surface area contributed by atoms with E-state index < -0.39 is 0 Å². The number of aromatic nitrogens is 1. The molecule has 0 saturated heterocycles. The zero-order valence-corrected chi connectivity index (χ0v) is 16.7. The minimum absolute atomic E-state index is 0.0972. The lowest BCUT2D eigenvalue weighted by molar-refractivity contribution is 0.261. The monoisotopic (exact) mass is 433 g/mol. The highest BCUT2D eigenvalue weighted by Gasteiger charge is 2.23. The summed E-state index contributed by atoms with van der Waals surface area (Å²) in [5, 5.41) is 23.9. The summed E-state index contributed by atoms with van der Waals surface area (Å²) in [7, 11) is 0. The standard InChI is InChI=1S/C18H13Cl2N5O2S/c1-8-15(23-25-18(27)28-8)9-2-5-14-11(6-9)16(17(26)21-14)24-22-10-3-4-12(19)13(20)7-10/h2-8,21,26H,1H3,(H,25,27). The Bertz CT molecular complexity index is 1160. The maximum Gasteiger partial charge on any atom is 0.299 e. The van der Waals surface area contributed by atoms with Crippen molar-refractivity contribution >= 4 is 68.2 Å². The highest BCUT2D eigenvalue weighted by molar-refractivity contribution is 8.14. The number of carbonyl (C=O) groups excluding carboxylic acids is 1. The van der Waals surface area contributed by atoms with Gasteiger partial charge in [-0.05, 0) is 42.8 Å². The van der Waals surface area contributed by atoms with E-state index >= 15 is 0 Å². The van der Waals surface area contributed by atoms with Crippen LogP contribution in [0.5, 0.6) is 5.88 Å². The van der Waals surface area contributed by atoms with Crippen LogP contribution in [0.15, 0.2) is 51.7 Å². The van der Waals surface area contributed by atoms with Crippen molar-refractivity contribution in [2.24, 2.45) is 15.3 Å². The van der Waals surface area contributed by atoms with Gasteiger partial charge in [-0.3, -0.25) is 4.79 Å². The number of thioether (sulfide) groups is 1. The molecule has 0 radical (unpaired) electrons. The number of hydrogen-bond acceptors (Lipinski definition) is 6. The second kappa shape index (κ2) is 7.46. The molecule has 1 aliphatic heterocycles. The fourth-order valence-electron chi connectivity index (χ4n) is 2.82. The quantitative estimate of drug-likeness (QED) is 0.431. The summed E-state index contributed by atoms with van der Waals surface area (Å²) < 4.78 is 0. The molecule has 0 aliphatic carbocycles. The Balaban J connectivity index is 1.74. The number of azo groups is 1. The molecule has 1 aliphatic rings. The molecule has 2 aromatic carbocycles. The lowest BCUT2D eigenvalue weighted by Gasteiger charge is -2.18. The van der Waals surface area contributed by atoms with Gasteiger partial charge < -0.3 is 10.1 Å². The predicted octanol–water partition coefficient (Wildman–Crippen LogP) is 6.14. The Kier molecular flexibility index (Phi) is 5.01. The van der Waals surface area contributed by atoms with Crippen LogP contribution in [0.3, 0.4) is 0 Å². The number of H-pyrrole nitrogens is 1. The zero-order valence-electron chi connectivity index (χ0n) is 14.4. The van der Waals surface area contributed by atoms with Crippen molar-refractivity contribution in [3.63, 3.8) is 0 Å². The predicted molar refractivity (Wildman–Crippen MR) is 113 cm³/mol. The molecule has 0 saturated carbocycles. The third-order valence-electron chi connectivity index (χ3n) is 4.15. The van der Waals surface area contributed by atoms with E-state index in [1.807, 2.05) is 25.1 Å². The number of halogens is 2. The minimum atomic E-state index is -0.187. The summed E-state index contributed by atoms with van der Waals surface area (Å²) in [5.41, 5.74) is 5.53. The molecule has 0 spiro atoms. The first kappa shape index (κ1) is 18.8. The smallest absolute Gasteiger partial charge is 0.299 e. The maximum absolute atomic E-state index is 11.4. The van der Waals surface area contributed by atoms with Crippen LogP contribution in [0.4, 0.5) is 16.2 Å². The van der Waals surface area contributed by atoms with Crippen LogP contribution >= 0.6 is 35.0 Å². The lowest BCUT2D eigenvalue weighted by atomic mass is 10.1. The van der Waals surface area contributed by atoms with Crippen LogP contribution in [-0.2, 0) is 0 Å². The Morgan fingerprint density at radius 2 is 1.96 bits per heavy atom. The average Bonchev–Trinajstić information content (AvgIpc) is 2.97. The van der Waals surface area contributed by atoms with Gasteiger partial charge in [-0.25, -0.2) is 5.43 Å². The number of hydrazone groups is 1. The topological polar surface area (TPSA) is 102 Å². The van der Waals surface area contributed by atoms with E-state index in [-0.39, 0.29) is 16.4 Å². The number of aromatic amines is 1. The second-order valence-electron chi connectivity index (χ2n) is 6.04. The number of nitrogens with zero attached hydrogens (tertiary/aromatic N) is 3. The van der Waals surface area contributed by atoms with Gasteiger partial charge in [-0.2, -0.15) is 10.2 Å². The molecule has 1 amide bonds. The molecule has 3 N–H and O–H groups in total. The summed E-state index contributed by atoms with van der Waals surface area (Å²) >= 11 is 13.1. The van der Waals surface area contributed by atoms with E-state index in [1.165, 1.54) is 11.8 Å². The molecule has 28 heavy (non-hydrogen) atoms. The molecule has 1 unspecified atom stereocenters. The number of nitrogens with one attached hydrogen (secondary N) is 2. The highest BCUT2D eigenvalue weighted by Crippen LogP contribution is 2.38. The average molecular weight is 434 g/mol. The fraction of sp³-hybridized carbons (Fsp3) is 0.111. The van der Waals surface area contributed by atoms with Crippen LogP contribution in [0, 0.1) is 0 Å². The van der Waals surface area contributed by atoms with Crippen molar-refractivity contribution in [3.8, 4) is 5.88 Å². The molecular formula is C18H13Cl2N5O2S. The first-order valence-electron chi connectivity index (χ1n) is 8.18. The van der Waals surface area contributed by atoms with Gasteiger partial charge in [0.05, 0.1) is 32.2 Å². The van der Waals surface area contributed by atoms with E-state index in [9.17, 15) is 9.90 Å². The molecule has 1 aromatic heterocycles. The van der Waals surface area contributed by atoms with Crippen molar-refractivity contribution in [2.75, 3.05) is 0 Å². The number of benzene rings is 2. The Labute approximate surface area is 173 Å². The van der Waals surface area contributed by atoms with E-state index in [4.69, 9.17) is 23.2 Å². The van der Waals surface area contributed by atoms with Crippen LogP contribution in [0.2, 0.25) is 10.0 Å². The molecule has 4 rings (SSSR count). The van der Waals surface area contributed by atoms with Gasteiger partial charge in [0.15, 0.2) is 5.69 Å². The first-order valence-corrected chi connectivity index (χ1v) is 9.82. The van der Waals surface area contributed by atoms with Crippen molar-refractivity contribution in [1.29, 1.82) is 0 Å². The van der Waals surface area contributed by atoms with Crippen molar-refractivity contribution in [1.82, 2.24) is 10.4 Å². The Morgan fingerprint density at radius 1 is 1.14 bits per heavy atom. The van der Waals surface area contributed by atoms with Crippen LogP contribution in [0.1, 0.15) is 12.5 Å². The Morgan fingerprint density at radius 3 is 2.71 bits per heavy atom. The summed E-state index contributed by atoms with van der Waals surface area (Å²) in [5.74, 6) is -0.0998. The number of fused-ring (bicyclic) bond motifs is 1. The molecule has 7 nitrogen and oxygen atoms in total. The van der Waals surface area contributed by atoms with Gasteiger partial charge in [-0.1, -0.05) is 41.0 Å². The van der Waals surface area contributed by atoms with Crippen LogP contribution in [-0.4, -0.2) is 26.3 Å². The number of amides is 1. The Hall–Kier alpha value is -2.55. The SMILES string of the molecule is CC1SC(=O)NN=C1c1ccc2[nH]c(O)c(N=Nc3ccc(Cl)c(Cl)c3)c2c1. The number of hydrogen-bond donors (Lipinski definition) is 3. The van der Waals surface area contributed by atoms with E-state index in [0.717, 1.165) is 11.3 Å². The maximum atomic E-state index is 11.4. The first-order chi connectivity index (χ1) is 13.4. The molecular weight excluding hydrogens is 421 g/mol. The van der Waals surface area contributed by atoms with E-state index in [0.29, 0.717) is 32.3 Å². The van der Waals surface area contributed by atoms with Crippen molar-refractivity contribution in [2.45, 2.75) is 12.2 Å². The summed E-state index contributed by atoms with van der Waals surface area (Å²) in [6.07, 6.45) is 0. The van der Waals surface area contributed by atoms with Crippen molar-refractivity contribution < 1.29 is 9.90 Å². The van der Waals surface area contributed by atoms with Crippen LogP contribution in [0.25, 0.3) is 10.9 Å². The zero-order chi connectivity index (χ0) is 19.8. The van der Waals surface area contributed by atoms with Crippen molar-refractivity contribution in [3.05, 3.63) is 52.0 Å². The van der Waals surface area contributed by atoms with E-state index in [1.54, 1.807) is 18.2 Å². The summed E-state index contributed by atoms with van der Waals surface area (Å²) in [6.45, 7) is 1.91. The van der Waals surface area contributed by atoms with Gasteiger partial charge >= 0.3 is 0 Å². The summed E-state index contributed by atoms with van der Waals surface area (Å²) in [6, 6.07) is 10.4. The number of aromatic hydroxyl groups is 1. The second-order valence-corrected chi connectivity index (χ2v) is 8.17. The van der Waals surface area contributed by atoms with Gasteiger partial charge in [0, 0.05) is 5.39 Å². The molecule has 10 heteroatoms. The fourth-order valence-corrected chi connectivity index (χ4v) is 3.83. The normalized spacial score (nSPS) is 17.2. The summed E-state index contributed by atoms with van der Waals surface area (Å²) in [4.78, 5) is 14.3. The van der Waals surface area contributed by atoms with E-state index in [2.05, 4.69) is 25.7 Å².